The van der Waals surface area contributed by atoms with Gasteiger partial charge in [0.1, 0.15) is 13.2 Å². The summed E-state index contributed by atoms with van der Waals surface area (Å²) in [6.45, 7) is 6.23. The number of allylic oxidation sites excluding steroid dienone is 24. The second-order valence-corrected chi connectivity index (χ2v) is 16.3. The number of carbonyl (C=O) groups is 3. The Hall–Kier alpha value is -4.71. The molecule has 66 heavy (non-hydrogen) atoms. The molecule has 0 heterocycles. The first-order chi connectivity index (χ1) is 32.5. The molecule has 0 fully saturated rings. The zero-order chi connectivity index (χ0) is 47.9. The summed E-state index contributed by atoms with van der Waals surface area (Å²) in [5.74, 6) is -1.10. The minimum Gasteiger partial charge on any atom is -0.462 e. The summed E-state index contributed by atoms with van der Waals surface area (Å²) in [5, 5.41) is 0. The van der Waals surface area contributed by atoms with Gasteiger partial charge in [-0.2, -0.15) is 0 Å². The average Bonchev–Trinajstić information content (AvgIpc) is 3.31. The minimum atomic E-state index is -0.848. The summed E-state index contributed by atoms with van der Waals surface area (Å²) in [4.78, 5) is 37.9. The van der Waals surface area contributed by atoms with Crippen molar-refractivity contribution in [1.29, 1.82) is 0 Å². The first-order valence-corrected chi connectivity index (χ1v) is 25.8. The molecule has 6 heteroatoms. The number of rotatable bonds is 44. The number of carbonyl (C=O) groups excluding carboxylic acids is 3. The summed E-state index contributed by atoms with van der Waals surface area (Å²) in [6.07, 6.45) is 75.7. The summed E-state index contributed by atoms with van der Waals surface area (Å²) in [7, 11) is 0. The van der Waals surface area contributed by atoms with E-state index in [1.807, 2.05) is 12.2 Å². The molecule has 0 aliphatic heterocycles. The molecular weight excluding hydrogens is 817 g/mol. The van der Waals surface area contributed by atoms with E-state index < -0.39 is 12.1 Å². The van der Waals surface area contributed by atoms with Gasteiger partial charge in [0.2, 0.25) is 0 Å². The van der Waals surface area contributed by atoms with Crippen LogP contribution >= 0.6 is 0 Å². The fraction of sp³-hybridized carbons (Fsp3) is 0.550. The Kier molecular flexibility index (Phi) is 49.1. The van der Waals surface area contributed by atoms with Gasteiger partial charge in [0.15, 0.2) is 6.10 Å². The van der Waals surface area contributed by atoms with Crippen molar-refractivity contribution < 1.29 is 28.6 Å². The second-order valence-electron chi connectivity index (χ2n) is 16.3. The van der Waals surface area contributed by atoms with Crippen molar-refractivity contribution in [1.82, 2.24) is 0 Å². The van der Waals surface area contributed by atoms with Crippen LogP contribution in [0.4, 0.5) is 0 Å². The highest BCUT2D eigenvalue weighted by Gasteiger charge is 2.19. The van der Waals surface area contributed by atoms with Gasteiger partial charge in [-0.25, -0.2) is 0 Å². The first kappa shape index (κ1) is 61.3. The van der Waals surface area contributed by atoms with E-state index in [9.17, 15) is 14.4 Å². The van der Waals surface area contributed by atoms with Gasteiger partial charge < -0.3 is 14.2 Å². The molecule has 0 rings (SSSR count). The van der Waals surface area contributed by atoms with Crippen molar-refractivity contribution >= 4 is 17.9 Å². The fourth-order valence-corrected chi connectivity index (χ4v) is 6.26. The van der Waals surface area contributed by atoms with Gasteiger partial charge in [-0.05, 0) is 122 Å². The highest BCUT2D eigenvalue weighted by Crippen LogP contribution is 2.11. The van der Waals surface area contributed by atoms with Gasteiger partial charge >= 0.3 is 17.9 Å². The highest BCUT2D eigenvalue weighted by atomic mass is 16.6. The Morgan fingerprint density at radius 2 is 0.636 bits per heavy atom. The standard InChI is InChI=1S/C60H92O6/c1-4-7-10-13-16-19-22-25-26-27-28-29-30-31-32-33-34-36-38-41-44-47-50-53-59(62)65-56-57(55-64-58(61)52-49-46-43-40-37-24-21-18-15-12-9-6-3)66-60(63)54-51-48-45-42-39-35-23-20-17-14-11-8-5-2/h7-8,10-11,16-21,25-26,28-29,31-32,34-36,39,41,44-45,48,57H,4-6,9,12-15,22-24,27,30,33,37-38,40,42-43,46-47,49-56H2,1-3H3/b10-7-,11-8-,19-16-,20-17-,21-18-,26-25-,29-28-,32-31-,36-34-,39-35-,44-41-,48-45-. The van der Waals surface area contributed by atoms with E-state index in [1.165, 1.54) is 32.1 Å². The summed E-state index contributed by atoms with van der Waals surface area (Å²) in [6, 6.07) is 0. The van der Waals surface area contributed by atoms with Crippen LogP contribution in [0, 0.1) is 0 Å². The summed E-state index contributed by atoms with van der Waals surface area (Å²) >= 11 is 0. The molecule has 0 spiro atoms. The van der Waals surface area contributed by atoms with Gasteiger partial charge in [-0.3, -0.25) is 14.4 Å². The maximum Gasteiger partial charge on any atom is 0.306 e. The van der Waals surface area contributed by atoms with Crippen molar-refractivity contribution in [3.63, 3.8) is 0 Å². The van der Waals surface area contributed by atoms with Crippen molar-refractivity contribution in [2.24, 2.45) is 0 Å². The topological polar surface area (TPSA) is 78.9 Å². The molecule has 368 valence electrons. The SMILES string of the molecule is CC/C=C\C/C=C\C/C=C\C/C=C\C/C=C\C/C=C\C/C=C\CCCC(=O)OCC(COC(=O)CCCCCCC/C=C\CCCCC)OC(=O)CC/C=C\C/C=C\C/C=C\C/C=C\CC. The molecule has 1 unspecified atom stereocenters. The van der Waals surface area contributed by atoms with E-state index >= 15 is 0 Å². The van der Waals surface area contributed by atoms with E-state index in [1.54, 1.807) is 0 Å². The Morgan fingerprint density at radius 3 is 1.06 bits per heavy atom. The van der Waals surface area contributed by atoms with E-state index in [0.29, 0.717) is 19.3 Å². The molecule has 6 nitrogen and oxygen atoms in total. The van der Waals surface area contributed by atoms with Gasteiger partial charge in [0.25, 0.3) is 0 Å². The maximum absolute atomic E-state index is 12.7. The lowest BCUT2D eigenvalue weighted by Gasteiger charge is -2.18. The third kappa shape index (κ3) is 50.3. The largest absolute Gasteiger partial charge is 0.462 e. The first-order valence-electron chi connectivity index (χ1n) is 25.8. The van der Waals surface area contributed by atoms with Crippen molar-refractivity contribution in [2.75, 3.05) is 13.2 Å². The molecule has 0 aromatic carbocycles. The van der Waals surface area contributed by atoms with E-state index in [2.05, 4.69) is 154 Å². The molecule has 0 aromatic heterocycles. The molecule has 0 radical (unpaired) electrons. The van der Waals surface area contributed by atoms with E-state index in [0.717, 1.165) is 109 Å². The zero-order valence-corrected chi connectivity index (χ0v) is 41.9. The Morgan fingerprint density at radius 1 is 0.318 bits per heavy atom. The van der Waals surface area contributed by atoms with Crippen LogP contribution in [0.3, 0.4) is 0 Å². The number of unbranched alkanes of at least 4 members (excludes halogenated alkanes) is 9. The second kappa shape index (κ2) is 52.9. The molecule has 0 bridgehead atoms. The zero-order valence-electron chi connectivity index (χ0n) is 41.9. The Bertz CT molecular complexity index is 1510. The summed E-state index contributed by atoms with van der Waals surface area (Å²) in [5.41, 5.74) is 0. The molecule has 0 N–H and O–H groups in total. The van der Waals surface area contributed by atoms with Crippen LogP contribution in [0.5, 0.6) is 0 Å². The van der Waals surface area contributed by atoms with Crippen LogP contribution in [-0.2, 0) is 28.6 Å². The molecule has 0 aliphatic rings. The Balaban J connectivity index is 4.55. The van der Waals surface area contributed by atoms with Crippen LogP contribution < -0.4 is 0 Å². The van der Waals surface area contributed by atoms with Crippen LogP contribution in [0.15, 0.2) is 146 Å². The van der Waals surface area contributed by atoms with Gasteiger partial charge in [0, 0.05) is 19.3 Å². The summed E-state index contributed by atoms with van der Waals surface area (Å²) < 4.78 is 16.6. The smallest absolute Gasteiger partial charge is 0.306 e. The van der Waals surface area contributed by atoms with Crippen LogP contribution in [0.2, 0.25) is 0 Å². The Labute approximate surface area is 404 Å². The number of esters is 3. The van der Waals surface area contributed by atoms with Gasteiger partial charge in [-0.15, -0.1) is 0 Å². The normalized spacial score (nSPS) is 13.3. The predicted octanol–water partition coefficient (Wildman–Crippen LogP) is 17.3. The number of hydrogen-bond donors (Lipinski definition) is 0. The molecule has 0 saturated carbocycles. The average molecular weight is 909 g/mol. The van der Waals surface area contributed by atoms with Crippen LogP contribution in [0.1, 0.15) is 194 Å². The van der Waals surface area contributed by atoms with Crippen molar-refractivity contribution in [3.8, 4) is 0 Å². The molecule has 1 atom stereocenters. The predicted molar refractivity (Wildman–Crippen MR) is 283 cm³/mol. The lowest BCUT2D eigenvalue weighted by atomic mass is 10.1. The fourth-order valence-electron chi connectivity index (χ4n) is 6.26. The van der Waals surface area contributed by atoms with E-state index in [4.69, 9.17) is 14.2 Å². The monoisotopic (exact) mass is 909 g/mol. The lowest BCUT2D eigenvalue weighted by Crippen LogP contribution is -2.30. The van der Waals surface area contributed by atoms with Crippen LogP contribution in [-0.4, -0.2) is 37.2 Å². The molecule has 0 saturated heterocycles. The van der Waals surface area contributed by atoms with E-state index in [-0.39, 0.29) is 38.0 Å². The van der Waals surface area contributed by atoms with Crippen LogP contribution in [0.25, 0.3) is 0 Å². The van der Waals surface area contributed by atoms with Crippen molar-refractivity contribution in [3.05, 3.63) is 146 Å². The third-order valence-electron chi connectivity index (χ3n) is 10.1. The van der Waals surface area contributed by atoms with Gasteiger partial charge in [-0.1, -0.05) is 199 Å². The third-order valence-corrected chi connectivity index (χ3v) is 10.1. The van der Waals surface area contributed by atoms with Crippen molar-refractivity contribution in [2.45, 2.75) is 200 Å². The quantitative estimate of drug-likeness (QED) is 0.0262. The molecule has 0 aromatic rings. The minimum absolute atomic E-state index is 0.135. The molecule has 0 amide bonds. The lowest BCUT2D eigenvalue weighted by molar-refractivity contribution is -0.166. The highest BCUT2D eigenvalue weighted by molar-refractivity contribution is 5.71. The number of ether oxygens (including phenoxy) is 3. The number of hydrogen-bond acceptors (Lipinski definition) is 6. The maximum atomic E-state index is 12.7. The van der Waals surface area contributed by atoms with Gasteiger partial charge in [0.05, 0.1) is 0 Å². The molecule has 0 aliphatic carbocycles. The molecular formula is C60H92O6.